The van der Waals surface area contributed by atoms with E-state index in [-0.39, 0.29) is 5.91 Å². The van der Waals surface area contributed by atoms with E-state index < -0.39 is 0 Å². The molecule has 1 rings (SSSR count). The van der Waals surface area contributed by atoms with Crippen molar-refractivity contribution >= 4 is 17.5 Å². The molecular weight excluding hydrogens is 240 g/mol. The van der Waals surface area contributed by atoms with E-state index in [1.807, 2.05) is 12.1 Å². The zero-order valence-corrected chi connectivity index (χ0v) is 10.6. The predicted molar refractivity (Wildman–Crippen MR) is 67.9 cm³/mol. The first-order valence-electron chi connectivity index (χ1n) is 5.49. The Morgan fingerprint density at radius 1 is 1.47 bits per heavy atom. The van der Waals surface area contributed by atoms with Gasteiger partial charge in [0.1, 0.15) is 5.75 Å². The van der Waals surface area contributed by atoms with Crippen LogP contribution in [0.5, 0.6) is 5.75 Å². The van der Waals surface area contributed by atoms with Crippen LogP contribution < -0.4 is 16.0 Å². The van der Waals surface area contributed by atoms with Crippen LogP contribution in [-0.4, -0.2) is 13.0 Å². The third-order valence-electron chi connectivity index (χ3n) is 2.50. The van der Waals surface area contributed by atoms with Gasteiger partial charge in [-0.05, 0) is 43.0 Å². The maximum absolute atomic E-state index is 10.9. The Kier molecular flexibility index (Phi) is 5.80. The Balaban J connectivity index is 2.45. The monoisotopic (exact) mass is 256 g/mol. The van der Waals surface area contributed by atoms with Crippen molar-refractivity contribution in [2.24, 2.45) is 5.84 Å². The van der Waals surface area contributed by atoms with Gasteiger partial charge in [0, 0.05) is 11.4 Å². The van der Waals surface area contributed by atoms with Gasteiger partial charge in [0.05, 0.1) is 7.11 Å². The summed E-state index contributed by atoms with van der Waals surface area (Å²) in [6.45, 7) is 0. The van der Waals surface area contributed by atoms with Crippen LogP contribution in [0.4, 0.5) is 0 Å². The van der Waals surface area contributed by atoms with Crippen LogP contribution in [0.1, 0.15) is 24.8 Å². The first kappa shape index (κ1) is 13.8. The van der Waals surface area contributed by atoms with Crippen LogP contribution in [0, 0.1) is 0 Å². The summed E-state index contributed by atoms with van der Waals surface area (Å²) in [5.41, 5.74) is 3.17. The molecule has 4 nitrogen and oxygen atoms in total. The average molecular weight is 257 g/mol. The highest BCUT2D eigenvalue weighted by Crippen LogP contribution is 2.24. The van der Waals surface area contributed by atoms with E-state index >= 15 is 0 Å². The molecule has 0 aliphatic heterocycles. The zero-order chi connectivity index (χ0) is 12.7. The van der Waals surface area contributed by atoms with Crippen LogP contribution in [0.15, 0.2) is 18.2 Å². The number of halogens is 1. The number of benzene rings is 1. The van der Waals surface area contributed by atoms with Crippen LogP contribution in [0.2, 0.25) is 5.02 Å². The van der Waals surface area contributed by atoms with Crippen molar-refractivity contribution in [3.63, 3.8) is 0 Å². The molecule has 1 amide bonds. The fourth-order valence-electron chi connectivity index (χ4n) is 1.62. The Morgan fingerprint density at radius 3 is 2.88 bits per heavy atom. The van der Waals surface area contributed by atoms with E-state index in [0.717, 1.165) is 30.6 Å². The van der Waals surface area contributed by atoms with E-state index in [0.29, 0.717) is 11.4 Å². The molecule has 0 fully saturated rings. The minimum Gasteiger partial charge on any atom is -0.496 e. The van der Waals surface area contributed by atoms with Gasteiger partial charge in [0.25, 0.3) is 0 Å². The summed E-state index contributed by atoms with van der Waals surface area (Å²) in [6, 6.07) is 5.54. The quantitative estimate of drug-likeness (QED) is 0.354. The summed E-state index contributed by atoms with van der Waals surface area (Å²) in [6.07, 6.45) is 2.96. The summed E-state index contributed by atoms with van der Waals surface area (Å²) in [7, 11) is 1.63. The first-order valence-corrected chi connectivity index (χ1v) is 5.87. The molecule has 1 aromatic rings. The maximum atomic E-state index is 10.9. The highest BCUT2D eigenvalue weighted by atomic mass is 35.5. The highest BCUT2D eigenvalue weighted by Gasteiger charge is 2.04. The SMILES string of the molecule is COc1ccc(Cl)cc1CCCCC(=O)NN. The lowest BCUT2D eigenvalue weighted by atomic mass is 10.1. The van der Waals surface area contributed by atoms with Gasteiger partial charge in [-0.3, -0.25) is 10.2 Å². The standard InChI is InChI=1S/C12H17ClN2O2/c1-17-11-7-6-10(13)8-9(11)4-2-3-5-12(16)15-14/h6-8H,2-5,14H2,1H3,(H,15,16). The van der Waals surface area contributed by atoms with Gasteiger partial charge in [-0.15, -0.1) is 0 Å². The van der Waals surface area contributed by atoms with E-state index in [9.17, 15) is 4.79 Å². The van der Waals surface area contributed by atoms with Gasteiger partial charge in [-0.1, -0.05) is 11.6 Å². The second-order valence-corrected chi connectivity index (χ2v) is 4.17. The molecule has 0 heterocycles. The number of hydrogen-bond donors (Lipinski definition) is 2. The van der Waals surface area contributed by atoms with Crippen molar-refractivity contribution in [1.82, 2.24) is 5.43 Å². The number of carbonyl (C=O) groups excluding carboxylic acids is 1. The fourth-order valence-corrected chi connectivity index (χ4v) is 1.81. The number of hydrazine groups is 1. The summed E-state index contributed by atoms with van der Waals surface area (Å²) in [5, 5.41) is 0.695. The molecule has 1 aromatic carbocycles. The molecule has 94 valence electrons. The lowest BCUT2D eigenvalue weighted by Gasteiger charge is -2.08. The normalized spacial score (nSPS) is 10.1. The molecule has 0 unspecified atom stereocenters. The van der Waals surface area contributed by atoms with Crippen molar-refractivity contribution in [3.05, 3.63) is 28.8 Å². The number of nitrogens with one attached hydrogen (secondary N) is 1. The van der Waals surface area contributed by atoms with E-state index in [1.54, 1.807) is 13.2 Å². The number of methoxy groups -OCH3 is 1. The fraction of sp³-hybridized carbons (Fsp3) is 0.417. The highest BCUT2D eigenvalue weighted by molar-refractivity contribution is 6.30. The number of hydrogen-bond acceptors (Lipinski definition) is 3. The van der Waals surface area contributed by atoms with Gasteiger partial charge < -0.3 is 4.74 Å². The minimum atomic E-state index is -0.136. The summed E-state index contributed by atoms with van der Waals surface area (Å²) < 4.78 is 5.24. The predicted octanol–water partition coefficient (Wildman–Crippen LogP) is 2.05. The van der Waals surface area contributed by atoms with Crippen LogP contribution in [-0.2, 0) is 11.2 Å². The van der Waals surface area contributed by atoms with Crippen molar-refractivity contribution in [2.75, 3.05) is 7.11 Å². The van der Waals surface area contributed by atoms with Gasteiger partial charge in [-0.2, -0.15) is 0 Å². The minimum absolute atomic E-state index is 0.136. The van der Waals surface area contributed by atoms with E-state index in [2.05, 4.69) is 5.43 Å². The number of amides is 1. The average Bonchev–Trinajstić information content (AvgIpc) is 2.34. The molecule has 0 spiro atoms. The Hall–Kier alpha value is -1.26. The molecule has 3 N–H and O–H groups in total. The molecule has 0 saturated carbocycles. The molecule has 0 aromatic heterocycles. The Bertz CT molecular complexity index is 383. The third-order valence-corrected chi connectivity index (χ3v) is 2.74. The number of unbranched alkanes of at least 4 members (excludes halogenated alkanes) is 1. The van der Waals surface area contributed by atoms with E-state index in [1.165, 1.54) is 0 Å². The number of ether oxygens (including phenoxy) is 1. The van der Waals surface area contributed by atoms with Crippen LogP contribution in [0.25, 0.3) is 0 Å². The van der Waals surface area contributed by atoms with Gasteiger partial charge in [-0.25, -0.2) is 5.84 Å². The van der Waals surface area contributed by atoms with Crippen LogP contribution >= 0.6 is 11.6 Å². The van der Waals surface area contributed by atoms with Gasteiger partial charge >= 0.3 is 0 Å². The molecule has 17 heavy (non-hydrogen) atoms. The Morgan fingerprint density at radius 2 is 2.24 bits per heavy atom. The summed E-state index contributed by atoms with van der Waals surface area (Å²) in [4.78, 5) is 10.9. The lowest BCUT2D eigenvalue weighted by Crippen LogP contribution is -2.29. The third kappa shape index (κ3) is 4.63. The molecule has 0 aliphatic rings. The van der Waals surface area contributed by atoms with Crippen molar-refractivity contribution in [2.45, 2.75) is 25.7 Å². The smallest absolute Gasteiger partial charge is 0.233 e. The number of rotatable bonds is 6. The van der Waals surface area contributed by atoms with Gasteiger partial charge in [0.2, 0.25) is 5.91 Å². The first-order chi connectivity index (χ1) is 8.17. The van der Waals surface area contributed by atoms with Crippen LogP contribution in [0.3, 0.4) is 0 Å². The zero-order valence-electron chi connectivity index (χ0n) is 9.83. The second-order valence-electron chi connectivity index (χ2n) is 3.73. The van der Waals surface area contributed by atoms with Crippen molar-refractivity contribution < 1.29 is 9.53 Å². The molecule has 0 bridgehead atoms. The van der Waals surface area contributed by atoms with E-state index in [4.69, 9.17) is 22.2 Å². The lowest BCUT2D eigenvalue weighted by molar-refractivity contribution is -0.121. The molecule has 5 heteroatoms. The Labute approximate surface area is 106 Å². The second kappa shape index (κ2) is 7.14. The number of carbonyl (C=O) groups is 1. The number of nitrogens with two attached hydrogens (primary N) is 1. The molecular formula is C12H17ClN2O2. The topological polar surface area (TPSA) is 64.3 Å². The van der Waals surface area contributed by atoms with Crippen molar-refractivity contribution in [3.8, 4) is 5.75 Å². The largest absolute Gasteiger partial charge is 0.496 e. The van der Waals surface area contributed by atoms with Gasteiger partial charge in [0.15, 0.2) is 0 Å². The summed E-state index contributed by atoms with van der Waals surface area (Å²) >= 11 is 5.92. The molecule has 0 radical (unpaired) electrons. The molecule has 0 saturated heterocycles. The number of aryl methyl sites for hydroxylation is 1. The summed E-state index contributed by atoms with van der Waals surface area (Å²) in [5.74, 6) is 5.69. The molecule has 0 aliphatic carbocycles. The van der Waals surface area contributed by atoms with Crippen molar-refractivity contribution in [1.29, 1.82) is 0 Å². The molecule has 0 atom stereocenters. The maximum Gasteiger partial charge on any atom is 0.233 e.